The fourth-order valence-electron chi connectivity index (χ4n) is 8.24. The molecule has 262 valence electrons. The Hall–Kier alpha value is -4.98. The van der Waals surface area contributed by atoms with Crippen LogP contribution in [0.3, 0.4) is 0 Å². The average molecular weight is 681 g/mol. The molecular formula is C43H48N6O2. The van der Waals surface area contributed by atoms with Gasteiger partial charge in [-0.05, 0) is 107 Å². The highest BCUT2D eigenvalue weighted by molar-refractivity contribution is 5.93. The Balaban J connectivity index is 1.01. The van der Waals surface area contributed by atoms with E-state index in [-0.39, 0.29) is 29.9 Å². The van der Waals surface area contributed by atoms with Crippen LogP contribution in [-0.2, 0) is 9.59 Å². The Morgan fingerprint density at radius 3 is 2.12 bits per heavy atom. The molecule has 0 radical (unpaired) electrons. The van der Waals surface area contributed by atoms with Gasteiger partial charge >= 0.3 is 0 Å². The number of likely N-dealkylation sites (tertiary alicyclic amines) is 2. The number of aliphatic imine (C=N–C) groups is 1. The number of imidazole rings is 1. The van der Waals surface area contributed by atoms with Crippen LogP contribution in [0, 0.1) is 11.8 Å². The van der Waals surface area contributed by atoms with Gasteiger partial charge in [-0.1, -0.05) is 64.1 Å². The molecule has 4 heterocycles. The summed E-state index contributed by atoms with van der Waals surface area (Å²) >= 11 is 0. The number of nitrogens with zero attached hydrogens (tertiary/aromatic N) is 4. The standard InChI is InChI=1S/C43H48N6O2/c1-26(2)19-41(50)48-17-5-7-39(48)38-25-44-36-23-31(13-15-34(36)45-38)29-11-9-28-10-12-30(22-33(28)21-29)32-14-16-35-37(24-32)47-43(46-35)40-8-6-18-49(40)42(51)20-27(3)4/h9-16,21-27,38-40,45H,5-8,17-20H2,1-4H3,(H,46,47). The molecule has 51 heavy (non-hydrogen) atoms. The molecule has 3 atom stereocenters. The number of amides is 2. The van der Waals surface area contributed by atoms with Gasteiger partial charge in [0.2, 0.25) is 11.8 Å². The number of aromatic nitrogens is 2. The number of carbonyl (C=O) groups excluding carboxylic acids is 2. The van der Waals surface area contributed by atoms with E-state index in [0.717, 1.165) is 89.3 Å². The third-order valence-electron chi connectivity index (χ3n) is 10.8. The molecule has 8 rings (SSSR count). The second-order valence-electron chi connectivity index (χ2n) is 15.5. The van der Waals surface area contributed by atoms with E-state index in [4.69, 9.17) is 9.98 Å². The van der Waals surface area contributed by atoms with Gasteiger partial charge in [-0.15, -0.1) is 0 Å². The maximum atomic E-state index is 13.0. The largest absolute Gasteiger partial charge is 0.374 e. The summed E-state index contributed by atoms with van der Waals surface area (Å²) in [6, 6.07) is 26.3. The Kier molecular flexibility index (Phi) is 8.86. The second kappa shape index (κ2) is 13.6. The second-order valence-corrected chi connectivity index (χ2v) is 15.5. The fourth-order valence-corrected chi connectivity index (χ4v) is 8.24. The van der Waals surface area contributed by atoms with Crippen molar-refractivity contribution >= 4 is 51.2 Å². The van der Waals surface area contributed by atoms with Gasteiger partial charge in [0.25, 0.3) is 0 Å². The number of hydrogen-bond donors (Lipinski definition) is 2. The molecular weight excluding hydrogens is 633 g/mol. The lowest BCUT2D eigenvalue weighted by Gasteiger charge is -2.33. The van der Waals surface area contributed by atoms with Gasteiger partial charge in [0.1, 0.15) is 5.82 Å². The highest BCUT2D eigenvalue weighted by atomic mass is 16.2. The predicted molar refractivity (Wildman–Crippen MR) is 207 cm³/mol. The number of nitrogens with one attached hydrogen (secondary N) is 2. The first-order chi connectivity index (χ1) is 24.7. The van der Waals surface area contributed by atoms with E-state index in [2.05, 4.69) is 116 Å². The molecule has 3 aliphatic heterocycles. The number of rotatable bonds is 8. The maximum absolute atomic E-state index is 13.0. The number of H-pyrrole nitrogens is 1. The highest BCUT2D eigenvalue weighted by Crippen LogP contribution is 2.38. The molecule has 2 amide bonds. The van der Waals surface area contributed by atoms with E-state index >= 15 is 0 Å². The minimum absolute atomic E-state index is 0.0144. The van der Waals surface area contributed by atoms with Crippen LogP contribution in [0.4, 0.5) is 11.4 Å². The lowest BCUT2D eigenvalue weighted by molar-refractivity contribution is -0.133. The third kappa shape index (κ3) is 6.64. The van der Waals surface area contributed by atoms with Gasteiger partial charge in [-0.3, -0.25) is 14.6 Å². The predicted octanol–water partition coefficient (Wildman–Crippen LogP) is 9.29. The Bertz CT molecular complexity index is 2150. The molecule has 4 aromatic carbocycles. The molecule has 2 fully saturated rings. The zero-order chi connectivity index (χ0) is 35.2. The lowest BCUT2D eigenvalue weighted by atomic mass is 9.96. The van der Waals surface area contributed by atoms with Crippen LogP contribution >= 0.6 is 0 Å². The van der Waals surface area contributed by atoms with Crippen molar-refractivity contribution in [3.05, 3.63) is 78.6 Å². The summed E-state index contributed by atoms with van der Waals surface area (Å²) in [5.74, 6) is 2.06. The zero-order valence-electron chi connectivity index (χ0n) is 30.2. The topological polar surface area (TPSA) is 93.7 Å². The molecule has 0 aliphatic carbocycles. The number of benzene rings is 4. The van der Waals surface area contributed by atoms with E-state index in [9.17, 15) is 9.59 Å². The zero-order valence-corrected chi connectivity index (χ0v) is 30.2. The molecule has 1 aromatic heterocycles. The van der Waals surface area contributed by atoms with Crippen LogP contribution in [0.25, 0.3) is 44.1 Å². The van der Waals surface area contributed by atoms with Crippen LogP contribution in [-0.4, -0.2) is 63.0 Å². The monoisotopic (exact) mass is 680 g/mol. The minimum Gasteiger partial charge on any atom is -0.374 e. The first kappa shape index (κ1) is 33.2. The van der Waals surface area contributed by atoms with Crippen molar-refractivity contribution in [2.45, 2.75) is 84.3 Å². The molecule has 2 saturated heterocycles. The van der Waals surface area contributed by atoms with Gasteiger partial charge in [-0.25, -0.2) is 4.98 Å². The molecule has 0 saturated carbocycles. The van der Waals surface area contributed by atoms with Crippen LogP contribution in [0.5, 0.6) is 0 Å². The Morgan fingerprint density at radius 2 is 1.37 bits per heavy atom. The van der Waals surface area contributed by atoms with Gasteiger partial charge in [0, 0.05) is 32.1 Å². The molecule has 0 bridgehead atoms. The molecule has 8 nitrogen and oxygen atoms in total. The molecule has 3 unspecified atom stereocenters. The highest BCUT2D eigenvalue weighted by Gasteiger charge is 2.35. The summed E-state index contributed by atoms with van der Waals surface area (Å²) in [5, 5.41) is 6.05. The van der Waals surface area contributed by atoms with Crippen molar-refractivity contribution in [2.75, 3.05) is 18.4 Å². The third-order valence-corrected chi connectivity index (χ3v) is 10.8. The number of hydrogen-bond acceptors (Lipinski definition) is 5. The maximum Gasteiger partial charge on any atom is 0.223 e. The molecule has 5 aromatic rings. The first-order valence-electron chi connectivity index (χ1n) is 18.8. The van der Waals surface area contributed by atoms with Crippen molar-refractivity contribution in [3.63, 3.8) is 0 Å². The van der Waals surface area contributed by atoms with Crippen LogP contribution in [0.2, 0.25) is 0 Å². The van der Waals surface area contributed by atoms with Crippen LogP contribution < -0.4 is 5.32 Å². The summed E-state index contributed by atoms with van der Waals surface area (Å²) in [7, 11) is 0. The van der Waals surface area contributed by atoms with E-state index < -0.39 is 0 Å². The molecule has 8 heteroatoms. The van der Waals surface area contributed by atoms with Crippen molar-refractivity contribution < 1.29 is 9.59 Å². The summed E-state index contributed by atoms with van der Waals surface area (Å²) in [5.41, 5.74) is 8.38. The summed E-state index contributed by atoms with van der Waals surface area (Å²) in [4.78, 5) is 43.4. The van der Waals surface area contributed by atoms with E-state index in [1.807, 2.05) is 11.1 Å². The van der Waals surface area contributed by atoms with Gasteiger partial charge in [0.15, 0.2) is 0 Å². The SMILES string of the molecule is CC(C)CC(=O)N1CCCC1c1nc2ccc(-c3ccc4ccc(-c5ccc6c(c5)N=CC(C5CCCN5C(=O)CC(C)C)N6)cc4c3)cc2[nH]1. The van der Waals surface area contributed by atoms with E-state index in [1.54, 1.807) is 0 Å². The van der Waals surface area contributed by atoms with Crippen molar-refractivity contribution in [1.82, 2.24) is 19.8 Å². The van der Waals surface area contributed by atoms with Crippen LogP contribution in [0.1, 0.15) is 78.1 Å². The van der Waals surface area contributed by atoms with E-state index in [0.29, 0.717) is 24.7 Å². The Labute approximate surface area is 300 Å². The van der Waals surface area contributed by atoms with Gasteiger partial charge in [0.05, 0.1) is 40.5 Å². The lowest BCUT2D eigenvalue weighted by Crippen LogP contribution is -2.47. The first-order valence-corrected chi connectivity index (χ1v) is 18.8. The quantitative estimate of drug-likeness (QED) is 0.171. The summed E-state index contributed by atoms with van der Waals surface area (Å²) in [6.45, 7) is 10.0. The van der Waals surface area contributed by atoms with Crippen LogP contribution in [0.15, 0.2) is 77.8 Å². The van der Waals surface area contributed by atoms with Crippen molar-refractivity contribution in [3.8, 4) is 22.3 Å². The normalized spacial score (nSPS) is 20.2. The van der Waals surface area contributed by atoms with Gasteiger partial charge in [-0.2, -0.15) is 0 Å². The molecule has 2 N–H and O–H groups in total. The van der Waals surface area contributed by atoms with Crippen molar-refractivity contribution in [1.29, 1.82) is 0 Å². The smallest absolute Gasteiger partial charge is 0.223 e. The number of aromatic amines is 1. The molecule has 3 aliphatic rings. The molecule has 0 spiro atoms. The van der Waals surface area contributed by atoms with Gasteiger partial charge < -0.3 is 20.1 Å². The number of carbonyl (C=O) groups is 2. The minimum atomic E-state index is 0.0144. The summed E-state index contributed by atoms with van der Waals surface area (Å²) in [6.07, 6.45) is 7.15. The van der Waals surface area contributed by atoms with Crippen molar-refractivity contribution in [2.24, 2.45) is 16.8 Å². The number of fused-ring (bicyclic) bond motifs is 3. The van der Waals surface area contributed by atoms with E-state index in [1.165, 1.54) is 10.8 Å². The average Bonchev–Trinajstić information content (AvgIpc) is 3.90. The summed E-state index contributed by atoms with van der Waals surface area (Å²) < 4.78 is 0. The Morgan fingerprint density at radius 1 is 0.745 bits per heavy atom. The fraction of sp³-hybridized carbons (Fsp3) is 0.395. The number of anilines is 1.